The van der Waals surface area contributed by atoms with Gasteiger partial charge in [0, 0.05) is 27.3 Å². The zero-order valence-electron chi connectivity index (χ0n) is 22.6. The number of ether oxygens (including phenoxy) is 1. The van der Waals surface area contributed by atoms with Gasteiger partial charge in [-0.3, -0.25) is 9.69 Å². The first-order valence-corrected chi connectivity index (χ1v) is 14.4. The lowest BCUT2D eigenvalue weighted by Gasteiger charge is -2.26. The van der Waals surface area contributed by atoms with Crippen molar-refractivity contribution in [2.45, 2.75) is 31.7 Å². The van der Waals surface area contributed by atoms with Gasteiger partial charge < -0.3 is 20.1 Å². The van der Waals surface area contributed by atoms with Gasteiger partial charge in [-0.15, -0.1) is 0 Å². The molecule has 3 amide bonds. The van der Waals surface area contributed by atoms with Crippen LogP contribution in [-0.4, -0.2) is 51.7 Å². The molecule has 10 heteroatoms. The normalized spacial score (nSPS) is 16.5. The largest absolute Gasteiger partial charge is 0.491 e. The van der Waals surface area contributed by atoms with Crippen molar-refractivity contribution >= 4 is 34.5 Å². The number of carbonyl (C=O) groups is 2. The number of aliphatic hydroxyl groups excluding tert-OH is 1. The Morgan fingerprint density at radius 1 is 1.10 bits per heavy atom. The van der Waals surface area contributed by atoms with E-state index in [1.807, 2.05) is 50.2 Å². The number of H-pyrrole nitrogens is 1. The molecular formula is C31H30FIN4O4. The summed E-state index contributed by atoms with van der Waals surface area (Å²) in [5.74, 6) is -0.117. The molecule has 0 radical (unpaired) electrons. The van der Waals surface area contributed by atoms with Crippen LogP contribution in [-0.2, 0) is 4.79 Å². The first-order chi connectivity index (χ1) is 19.8. The number of nitrogens with one attached hydrogen (secondary N) is 2. The highest BCUT2D eigenvalue weighted by Crippen LogP contribution is 2.36. The molecule has 3 aromatic carbocycles. The Kier molecular flexibility index (Phi) is 8.69. The summed E-state index contributed by atoms with van der Waals surface area (Å²) in [5, 5.41) is 11.8. The number of aliphatic hydroxyl groups is 1. The minimum absolute atomic E-state index is 0.0798. The van der Waals surface area contributed by atoms with Crippen LogP contribution in [0.3, 0.4) is 0 Å². The Balaban J connectivity index is 1.45. The Hall–Kier alpha value is -3.77. The van der Waals surface area contributed by atoms with E-state index in [0.29, 0.717) is 34.1 Å². The zero-order chi connectivity index (χ0) is 29.1. The Bertz CT molecular complexity index is 1540. The molecule has 0 aliphatic carbocycles. The lowest BCUT2D eigenvalue weighted by molar-refractivity contribution is -0.127. The summed E-state index contributed by atoms with van der Waals surface area (Å²) in [6.07, 6.45) is 0. The van der Waals surface area contributed by atoms with Gasteiger partial charge in [0.15, 0.2) is 0 Å². The summed E-state index contributed by atoms with van der Waals surface area (Å²) < 4.78 is 21.1. The van der Waals surface area contributed by atoms with E-state index in [1.54, 1.807) is 30.3 Å². The van der Waals surface area contributed by atoms with Crippen molar-refractivity contribution in [2.24, 2.45) is 0 Å². The summed E-state index contributed by atoms with van der Waals surface area (Å²) in [6.45, 7) is 4.01. The van der Waals surface area contributed by atoms with E-state index in [4.69, 9.17) is 14.8 Å². The van der Waals surface area contributed by atoms with Crippen molar-refractivity contribution in [3.63, 3.8) is 0 Å². The minimum Gasteiger partial charge on any atom is -0.491 e. The van der Waals surface area contributed by atoms with Gasteiger partial charge in [0.2, 0.25) is 0 Å². The van der Waals surface area contributed by atoms with Crippen LogP contribution in [0.1, 0.15) is 47.4 Å². The molecule has 2 heterocycles. The topological polar surface area (TPSA) is 108 Å². The Morgan fingerprint density at radius 3 is 2.51 bits per heavy atom. The fourth-order valence-electron chi connectivity index (χ4n) is 5.11. The van der Waals surface area contributed by atoms with Gasteiger partial charge in [-0.2, -0.15) is 0 Å². The molecule has 41 heavy (non-hydrogen) atoms. The summed E-state index contributed by atoms with van der Waals surface area (Å²) >= 11 is 2.07. The lowest BCUT2D eigenvalue weighted by atomic mass is 9.86. The van der Waals surface area contributed by atoms with Gasteiger partial charge in [0.05, 0.1) is 12.3 Å². The highest BCUT2D eigenvalue weighted by atomic mass is 127. The first-order valence-electron chi connectivity index (χ1n) is 13.3. The standard InChI is InChI=1S/C31H30FIN4O4/c1-18(20-6-4-3-5-7-20)25(29-34-19(2)27(35-29)24-13-10-22(33)16-26(24)32)17-37-30(39)28(36-31(37)40)21-8-11-23(12-9-21)41-15-14-38/h3-13,16,18,25,28,38H,14-15,17H2,1-2H3,(H,34,35)(H,36,40)/t18-,25?,28+/m0/s1. The minimum atomic E-state index is -0.836. The number of hydrogen-bond donors (Lipinski definition) is 3. The van der Waals surface area contributed by atoms with Gasteiger partial charge in [-0.05, 0) is 76.9 Å². The molecule has 1 aliphatic heterocycles. The van der Waals surface area contributed by atoms with Crippen molar-refractivity contribution in [3.8, 4) is 17.0 Å². The molecular weight excluding hydrogens is 638 g/mol. The average Bonchev–Trinajstić information content (AvgIpc) is 3.49. The van der Waals surface area contributed by atoms with Crippen LogP contribution in [0.15, 0.2) is 72.8 Å². The molecule has 4 aromatic rings. The number of aryl methyl sites for hydroxylation is 1. The number of aromatic amines is 1. The smallest absolute Gasteiger partial charge is 0.325 e. The van der Waals surface area contributed by atoms with Gasteiger partial charge in [-0.25, -0.2) is 14.2 Å². The summed E-state index contributed by atoms with van der Waals surface area (Å²) in [7, 11) is 0. The third-order valence-electron chi connectivity index (χ3n) is 7.35. The van der Waals surface area contributed by atoms with E-state index < -0.39 is 12.1 Å². The summed E-state index contributed by atoms with van der Waals surface area (Å²) in [4.78, 5) is 36.1. The number of urea groups is 1. The van der Waals surface area contributed by atoms with Crippen molar-refractivity contribution in [3.05, 3.63) is 105 Å². The van der Waals surface area contributed by atoms with Crippen LogP contribution < -0.4 is 10.1 Å². The number of imide groups is 1. The van der Waals surface area contributed by atoms with Crippen LogP contribution in [0, 0.1) is 16.3 Å². The maximum atomic E-state index is 14.9. The lowest BCUT2D eigenvalue weighted by Crippen LogP contribution is -2.36. The predicted molar refractivity (Wildman–Crippen MR) is 161 cm³/mol. The number of rotatable bonds is 10. The second-order valence-corrected chi connectivity index (χ2v) is 11.2. The van der Waals surface area contributed by atoms with E-state index in [-0.39, 0.29) is 43.3 Å². The fraction of sp³-hybridized carbons (Fsp3) is 0.258. The molecule has 1 aliphatic rings. The van der Waals surface area contributed by atoms with Crippen LogP contribution in [0.25, 0.3) is 11.3 Å². The number of amides is 3. The molecule has 0 bridgehead atoms. The Morgan fingerprint density at radius 2 is 1.83 bits per heavy atom. The third kappa shape index (κ3) is 6.13. The number of imidazole rings is 1. The van der Waals surface area contributed by atoms with Crippen molar-refractivity contribution in [2.75, 3.05) is 19.8 Å². The van der Waals surface area contributed by atoms with E-state index in [2.05, 4.69) is 32.9 Å². The van der Waals surface area contributed by atoms with E-state index >= 15 is 0 Å². The van der Waals surface area contributed by atoms with Crippen LogP contribution in [0.2, 0.25) is 0 Å². The predicted octanol–water partition coefficient (Wildman–Crippen LogP) is 5.68. The summed E-state index contributed by atoms with van der Waals surface area (Å²) in [6, 6.07) is 20.3. The van der Waals surface area contributed by atoms with Gasteiger partial charge in [0.25, 0.3) is 5.91 Å². The first kappa shape index (κ1) is 28.7. The molecule has 1 saturated heterocycles. The molecule has 1 unspecified atom stereocenters. The quantitative estimate of drug-likeness (QED) is 0.149. The van der Waals surface area contributed by atoms with Crippen molar-refractivity contribution in [1.82, 2.24) is 20.2 Å². The Labute approximate surface area is 251 Å². The number of halogens is 2. The molecule has 3 N–H and O–H groups in total. The van der Waals surface area contributed by atoms with Crippen molar-refractivity contribution < 1.29 is 23.8 Å². The molecule has 0 saturated carbocycles. The molecule has 3 atom stereocenters. The average molecular weight is 669 g/mol. The van der Waals surface area contributed by atoms with Crippen LogP contribution in [0.4, 0.5) is 9.18 Å². The molecule has 1 aromatic heterocycles. The van der Waals surface area contributed by atoms with E-state index in [0.717, 1.165) is 9.13 Å². The van der Waals surface area contributed by atoms with E-state index in [1.165, 1.54) is 11.0 Å². The maximum absolute atomic E-state index is 14.9. The van der Waals surface area contributed by atoms with Gasteiger partial charge in [-0.1, -0.05) is 49.4 Å². The number of carbonyl (C=O) groups excluding carboxylic acids is 2. The highest BCUT2D eigenvalue weighted by molar-refractivity contribution is 14.1. The highest BCUT2D eigenvalue weighted by Gasteiger charge is 2.41. The van der Waals surface area contributed by atoms with Crippen LogP contribution >= 0.6 is 22.6 Å². The van der Waals surface area contributed by atoms with Crippen LogP contribution in [0.5, 0.6) is 5.75 Å². The van der Waals surface area contributed by atoms with Crippen molar-refractivity contribution in [1.29, 1.82) is 0 Å². The number of nitrogens with zero attached hydrogens (tertiary/aromatic N) is 2. The van der Waals surface area contributed by atoms with E-state index in [9.17, 15) is 14.0 Å². The summed E-state index contributed by atoms with van der Waals surface area (Å²) in [5.41, 5.74) is 3.23. The molecule has 0 spiro atoms. The molecule has 5 rings (SSSR count). The SMILES string of the molecule is Cc1[nH]c(C(CN2C(=O)N[C@H](c3ccc(OCCO)cc3)C2=O)[C@@H](C)c2ccccc2)nc1-c1ccc(I)cc1F. The third-order valence-corrected chi connectivity index (χ3v) is 8.02. The molecule has 8 nitrogen and oxygen atoms in total. The maximum Gasteiger partial charge on any atom is 0.325 e. The molecule has 1 fully saturated rings. The van der Waals surface area contributed by atoms with Gasteiger partial charge >= 0.3 is 6.03 Å². The van der Waals surface area contributed by atoms with Gasteiger partial charge in [0.1, 0.15) is 30.0 Å². The second kappa shape index (κ2) is 12.4. The second-order valence-electron chi connectivity index (χ2n) is 10.00. The number of hydrogen-bond acceptors (Lipinski definition) is 5. The fourth-order valence-corrected chi connectivity index (χ4v) is 5.56. The monoisotopic (exact) mass is 668 g/mol. The number of aromatic nitrogens is 2. The molecule has 212 valence electrons. The zero-order valence-corrected chi connectivity index (χ0v) is 24.8. The number of benzene rings is 3.